The average Bonchev–Trinajstić information content (AvgIpc) is 3.24. The van der Waals surface area contributed by atoms with Crippen molar-refractivity contribution in [3.05, 3.63) is 48.6 Å². The first-order chi connectivity index (χ1) is 29.8. The summed E-state index contributed by atoms with van der Waals surface area (Å²) in [5, 5.41) is 24.1. The van der Waals surface area contributed by atoms with E-state index < -0.39 is 38.6 Å². The average molecular weight is 881 g/mol. The number of hydrogen-bond acceptors (Lipinski definition) is 7. The molecule has 0 bridgehead atoms. The summed E-state index contributed by atoms with van der Waals surface area (Å²) in [6.45, 7) is 3.96. The molecule has 0 saturated carbocycles. The zero-order chi connectivity index (χ0) is 44.8. The largest absolute Gasteiger partial charge is 0.472 e. The molecule has 9 nitrogen and oxygen atoms in total. The molecule has 0 aliphatic heterocycles. The number of hydrogen-bond donors (Lipinski definition) is 5. The van der Waals surface area contributed by atoms with E-state index in [1.165, 1.54) is 141 Å². The first kappa shape index (κ1) is 59.4. The summed E-state index contributed by atoms with van der Waals surface area (Å²) in [4.78, 5) is 22.8. The summed E-state index contributed by atoms with van der Waals surface area (Å²) in [7, 11) is -4.42. The van der Waals surface area contributed by atoms with E-state index in [1.807, 2.05) is 6.08 Å². The zero-order valence-electron chi connectivity index (χ0n) is 39.5. The van der Waals surface area contributed by atoms with Crippen LogP contribution in [-0.4, -0.2) is 59.0 Å². The molecule has 61 heavy (non-hydrogen) atoms. The first-order valence-corrected chi connectivity index (χ1v) is 26.8. The molecule has 0 saturated heterocycles. The lowest BCUT2D eigenvalue weighted by Gasteiger charge is -2.24. The number of aliphatic hydroxyl groups excluding tert-OH is 2. The van der Waals surface area contributed by atoms with Gasteiger partial charge in [0.1, 0.15) is 0 Å². The van der Waals surface area contributed by atoms with Crippen LogP contribution in [0.25, 0.3) is 0 Å². The Morgan fingerprint density at radius 2 is 0.934 bits per heavy atom. The Kier molecular flexibility index (Phi) is 45.2. The molecule has 0 aliphatic carbocycles. The van der Waals surface area contributed by atoms with E-state index in [0.29, 0.717) is 12.8 Å². The van der Waals surface area contributed by atoms with Gasteiger partial charge < -0.3 is 26.2 Å². The molecule has 0 radical (unpaired) electrons. The van der Waals surface area contributed by atoms with Crippen LogP contribution in [0.4, 0.5) is 0 Å². The van der Waals surface area contributed by atoms with Gasteiger partial charge in [-0.3, -0.25) is 13.8 Å². The van der Waals surface area contributed by atoms with Crippen molar-refractivity contribution < 1.29 is 33.5 Å². The Morgan fingerprint density at radius 1 is 0.557 bits per heavy atom. The van der Waals surface area contributed by atoms with Crippen LogP contribution in [0.1, 0.15) is 232 Å². The predicted octanol–water partition coefficient (Wildman–Crippen LogP) is 13.8. The maximum absolute atomic E-state index is 12.9. The number of carbonyl (C=O) groups is 1. The van der Waals surface area contributed by atoms with Gasteiger partial charge in [0.05, 0.1) is 37.9 Å². The molecule has 0 aromatic carbocycles. The molecular formula is C51H97N2O7P. The Hall–Kier alpha value is -1.58. The van der Waals surface area contributed by atoms with Gasteiger partial charge in [0.2, 0.25) is 5.91 Å². The van der Waals surface area contributed by atoms with E-state index in [0.717, 1.165) is 57.8 Å². The minimum atomic E-state index is -4.42. The van der Waals surface area contributed by atoms with E-state index >= 15 is 0 Å². The second kappa shape index (κ2) is 46.4. The number of carbonyl (C=O) groups excluding carboxylic acids is 1. The smallest absolute Gasteiger partial charge is 0.393 e. The van der Waals surface area contributed by atoms with E-state index in [-0.39, 0.29) is 19.6 Å². The number of amides is 1. The monoisotopic (exact) mass is 881 g/mol. The van der Waals surface area contributed by atoms with Gasteiger partial charge in [0.15, 0.2) is 0 Å². The molecule has 0 aliphatic rings. The Bertz CT molecular complexity index is 1110. The quantitative estimate of drug-likeness (QED) is 0.0230. The molecule has 0 aromatic rings. The lowest BCUT2D eigenvalue weighted by atomic mass is 10.0. The van der Waals surface area contributed by atoms with Gasteiger partial charge >= 0.3 is 7.82 Å². The van der Waals surface area contributed by atoms with Gasteiger partial charge in [-0.2, -0.15) is 0 Å². The van der Waals surface area contributed by atoms with Gasteiger partial charge in [-0.1, -0.05) is 204 Å². The minimum absolute atomic E-state index is 0.0404. The number of nitrogens with one attached hydrogen (secondary N) is 1. The fourth-order valence-electron chi connectivity index (χ4n) is 7.32. The molecule has 4 atom stereocenters. The lowest BCUT2D eigenvalue weighted by molar-refractivity contribution is -0.124. The van der Waals surface area contributed by atoms with E-state index in [4.69, 9.17) is 14.8 Å². The molecule has 0 rings (SSSR count). The highest BCUT2D eigenvalue weighted by molar-refractivity contribution is 7.47. The topological polar surface area (TPSA) is 151 Å². The standard InChI is InChI=1S/C51H97N2O7P/c1-3-5-7-9-11-13-15-17-19-21-23-25-27-29-31-33-35-37-39-41-43-50(55)49(47-60-61(57,58)59-45-44-52)53-51(56)46-48(54)42-40-38-36-34-32-30-28-26-24-22-20-18-16-14-12-10-8-6-4-2/h25-28,33,35,41,43,48-50,54-55H,3-24,29-32,34,36-40,42,44-47,52H2,1-2H3,(H,53,56)(H,57,58)/b27-25+,28-26-,35-33+,43-41+. The van der Waals surface area contributed by atoms with Gasteiger partial charge in [-0.15, -0.1) is 0 Å². The Morgan fingerprint density at radius 3 is 1.36 bits per heavy atom. The van der Waals surface area contributed by atoms with Crippen molar-refractivity contribution in [2.24, 2.45) is 5.73 Å². The molecule has 358 valence electrons. The highest BCUT2D eigenvalue weighted by atomic mass is 31.2. The van der Waals surface area contributed by atoms with Crippen LogP contribution < -0.4 is 11.1 Å². The highest BCUT2D eigenvalue weighted by Gasteiger charge is 2.27. The second-order valence-electron chi connectivity index (χ2n) is 17.2. The van der Waals surface area contributed by atoms with E-state index in [1.54, 1.807) is 6.08 Å². The normalized spacial score (nSPS) is 14.8. The fraction of sp³-hybridized carbons (Fsp3) is 0.824. The van der Waals surface area contributed by atoms with Crippen molar-refractivity contribution in [2.45, 2.75) is 250 Å². The maximum atomic E-state index is 12.9. The molecule has 0 aromatic heterocycles. The predicted molar refractivity (Wildman–Crippen MR) is 260 cm³/mol. The number of aliphatic hydroxyl groups is 2. The van der Waals surface area contributed by atoms with Crippen molar-refractivity contribution in [3.8, 4) is 0 Å². The third kappa shape index (κ3) is 44.8. The summed E-state index contributed by atoms with van der Waals surface area (Å²) in [5.41, 5.74) is 5.38. The Labute approximate surface area is 375 Å². The van der Waals surface area contributed by atoms with Gasteiger partial charge in [-0.25, -0.2) is 4.57 Å². The summed E-state index contributed by atoms with van der Waals surface area (Å²) in [6.07, 6.45) is 54.9. The van der Waals surface area contributed by atoms with Gasteiger partial charge in [0, 0.05) is 6.54 Å². The summed E-state index contributed by atoms with van der Waals surface area (Å²) in [6, 6.07) is -1.01. The van der Waals surface area contributed by atoms with Crippen molar-refractivity contribution >= 4 is 13.7 Å². The van der Waals surface area contributed by atoms with Gasteiger partial charge in [0.25, 0.3) is 0 Å². The summed E-state index contributed by atoms with van der Waals surface area (Å²) < 4.78 is 22.1. The third-order valence-corrected chi connectivity index (χ3v) is 12.1. The van der Waals surface area contributed by atoms with E-state index in [2.05, 4.69) is 55.6 Å². The molecule has 0 heterocycles. The van der Waals surface area contributed by atoms with Crippen LogP contribution >= 0.6 is 7.82 Å². The minimum Gasteiger partial charge on any atom is -0.393 e. The molecular weight excluding hydrogens is 784 g/mol. The second-order valence-corrected chi connectivity index (χ2v) is 18.6. The van der Waals surface area contributed by atoms with Crippen LogP contribution in [0.3, 0.4) is 0 Å². The maximum Gasteiger partial charge on any atom is 0.472 e. The zero-order valence-corrected chi connectivity index (χ0v) is 40.4. The van der Waals surface area contributed by atoms with Crippen molar-refractivity contribution in [1.29, 1.82) is 0 Å². The van der Waals surface area contributed by atoms with Crippen LogP contribution in [0, 0.1) is 0 Å². The lowest BCUT2D eigenvalue weighted by Crippen LogP contribution is -2.46. The number of phosphoric ester groups is 1. The first-order valence-electron chi connectivity index (χ1n) is 25.3. The molecule has 10 heteroatoms. The number of rotatable bonds is 47. The van der Waals surface area contributed by atoms with Crippen molar-refractivity contribution in [2.75, 3.05) is 19.8 Å². The molecule has 0 fully saturated rings. The van der Waals surface area contributed by atoms with E-state index in [9.17, 15) is 24.5 Å². The number of phosphoric acid groups is 1. The number of unbranched alkanes of at least 4 members (excludes halogenated alkanes) is 27. The SMILES string of the molecule is CCCCCCCCCCCC/C=C\CCCCCCCC(O)CC(=O)NC(COP(=O)(O)OCCN)C(O)/C=C/CC/C=C/CC/C=C/CCCCCCCCCCCC. The molecule has 4 unspecified atom stereocenters. The number of allylic oxidation sites excluding steroid dienone is 7. The fourth-order valence-corrected chi connectivity index (χ4v) is 8.08. The number of nitrogens with two attached hydrogens (primary N) is 1. The van der Waals surface area contributed by atoms with Crippen molar-refractivity contribution in [3.63, 3.8) is 0 Å². The van der Waals surface area contributed by atoms with Crippen LogP contribution in [-0.2, 0) is 18.4 Å². The third-order valence-electron chi connectivity index (χ3n) is 11.2. The molecule has 6 N–H and O–H groups in total. The van der Waals surface area contributed by atoms with Crippen LogP contribution in [0.5, 0.6) is 0 Å². The van der Waals surface area contributed by atoms with Crippen LogP contribution in [0.2, 0.25) is 0 Å². The summed E-state index contributed by atoms with van der Waals surface area (Å²) in [5.74, 6) is -0.464. The Balaban J connectivity index is 4.30. The molecule has 0 spiro atoms. The van der Waals surface area contributed by atoms with Crippen LogP contribution in [0.15, 0.2) is 48.6 Å². The van der Waals surface area contributed by atoms with Gasteiger partial charge in [-0.05, 0) is 70.6 Å². The summed E-state index contributed by atoms with van der Waals surface area (Å²) >= 11 is 0. The highest BCUT2D eigenvalue weighted by Crippen LogP contribution is 2.43. The molecule has 1 amide bonds. The van der Waals surface area contributed by atoms with Crippen molar-refractivity contribution in [1.82, 2.24) is 5.32 Å².